The van der Waals surface area contributed by atoms with Crippen LogP contribution in [0.3, 0.4) is 0 Å². The second kappa shape index (κ2) is 9.37. The van der Waals surface area contributed by atoms with Crippen molar-refractivity contribution in [3.63, 3.8) is 0 Å². The predicted molar refractivity (Wildman–Crippen MR) is 95.1 cm³/mol. The lowest BCUT2D eigenvalue weighted by Gasteiger charge is -2.24. The minimum atomic E-state index is -0.538. The van der Waals surface area contributed by atoms with Crippen LogP contribution >= 0.6 is 11.6 Å². The van der Waals surface area contributed by atoms with Gasteiger partial charge in [-0.05, 0) is 37.6 Å². The predicted octanol–water partition coefficient (Wildman–Crippen LogP) is 2.33. The minimum absolute atomic E-state index is 0.0887. The molecule has 1 aromatic carbocycles. The normalized spacial score (nSPS) is 18.9. The molecule has 1 saturated heterocycles. The number of amides is 1. The number of carbonyl (C=O) groups excluding carboxylic acids is 1. The van der Waals surface area contributed by atoms with Crippen molar-refractivity contribution in [3.05, 3.63) is 34.9 Å². The third-order valence-electron chi connectivity index (χ3n) is 4.38. The van der Waals surface area contributed by atoms with Crippen LogP contribution in [0.25, 0.3) is 0 Å². The number of hydrogen-bond acceptors (Lipinski definition) is 4. The molecule has 0 saturated carbocycles. The number of β-amino-alcohol motifs (C(OH)–C–C–N with tert-alkyl or cyclic N) is 1. The summed E-state index contributed by atoms with van der Waals surface area (Å²) in [7, 11) is 0. The van der Waals surface area contributed by atoms with Crippen LogP contribution in [0, 0.1) is 0 Å². The maximum absolute atomic E-state index is 11.4. The van der Waals surface area contributed by atoms with Crippen LogP contribution in [0.1, 0.15) is 31.9 Å². The Bertz CT molecular complexity index is 524. The largest absolute Gasteiger partial charge is 0.389 e. The van der Waals surface area contributed by atoms with E-state index < -0.39 is 6.10 Å². The van der Waals surface area contributed by atoms with Gasteiger partial charge < -0.3 is 14.7 Å². The fourth-order valence-electron chi connectivity index (χ4n) is 2.90. The highest BCUT2D eigenvalue weighted by molar-refractivity contribution is 6.30. The standard InChI is InChI=1S/C18H27ClN2O3/c1-14(16-4-6-17(19)7-5-16)24-13-18(23)12-20-8-3-9-21(11-10-20)15(2)22/h4-7,14,18,23H,3,8-13H2,1-2H3. The Morgan fingerprint density at radius 2 is 1.96 bits per heavy atom. The highest BCUT2D eigenvalue weighted by Gasteiger charge is 2.19. The summed E-state index contributed by atoms with van der Waals surface area (Å²) in [6.45, 7) is 7.64. The fraction of sp³-hybridized carbons (Fsp3) is 0.611. The van der Waals surface area contributed by atoms with Crippen molar-refractivity contribution < 1.29 is 14.6 Å². The van der Waals surface area contributed by atoms with Crippen molar-refractivity contribution >= 4 is 17.5 Å². The van der Waals surface area contributed by atoms with Gasteiger partial charge in [0, 0.05) is 38.1 Å². The number of aliphatic hydroxyl groups is 1. The van der Waals surface area contributed by atoms with Crippen LogP contribution < -0.4 is 0 Å². The molecule has 1 heterocycles. The summed E-state index contributed by atoms with van der Waals surface area (Å²) in [6.07, 6.45) is 0.312. The van der Waals surface area contributed by atoms with Crippen LogP contribution in [-0.4, -0.2) is 66.2 Å². The second-order valence-corrected chi connectivity index (χ2v) is 6.78. The maximum Gasteiger partial charge on any atom is 0.219 e. The van der Waals surface area contributed by atoms with Gasteiger partial charge in [0.05, 0.1) is 18.8 Å². The van der Waals surface area contributed by atoms with Gasteiger partial charge in [-0.15, -0.1) is 0 Å². The van der Waals surface area contributed by atoms with Crippen LogP contribution in [-0.2, 0) is 9.53 Å². The van der Waals surface area contributed by atoms with Crippen molar-refractivity contribution in [3.8, 4) is 0 Å². The molecule has 2 atom stereocenters. The first-order valence-corrected chi connectivity index (χ1v) is 8.86. The number of benzene rings is 1. The zero-order valence-corrected chi connectivity index (χ0v) is 15.2. The molecule has 2 unspecified atom stereocenters. The molecule has 1 aliphatic heterocycles. The Labute approximate surface area is 149 Å². The topological polar surface area (TPSA) is 53.0 Å². The molecule has 0 radical (unpaired) electrons. The number of halogens is 1. The highest BCUT2D eigenvalue weighted by atomic mass is 35.5. The van der Waals surface area contributed by atoms with Crippen LogP contribution in [0.2, 0.25) is 5.02 Å². The third-order valence-corrected chi connectivity index (χ3v) is 4.63. The van der Waals surface area contributed by atoms with Crippen LogP contribution in [0.4, 0.5) is 0 Å². The van der Waals surface area contributed by atoms with Gasteiger partial charge >= 0.3 is 0 Å². The van der Waals surface area contributed by atoms with E-state index in [1.807, 2.05) is 36.1 Å². The number of nitrogens with zero attached hydrogens (tertiary/aromatic N) is 2. The molecule has 1 aliphatic rings. The highest BCUT2D eigenvalue weighted by Crippen LogP contribution is 2.19. The molecule has 1 amide bonds. The van der Waals surface area contributed by atoms with Gasteiger partial charge in [-0.3, -0.25) is 9.69 Å². The summed E-state index contributed by atoms with van der Waals surface area (Å²) in [6, 6.07) is 7.55. The molecular weight excluding hydrogens is 328 g/mol. The van der Waals surface area contributed by atoms with Gasteiger partial charge in [0.2, 0.25) is 5.91 Å². The molecule has 134 valence electrons. The quantitative estimate of drug-likeness (QED) is 0.852. The first-order valence-electron chi connectivity index (χ1n) is 8.48. The summed E-state index contributed by atoms with van der Waals surface area (Å²) in [5.74, 6) is 0.123. The summed E-state index contributed by atoms with van der Waals surface area (Å²) >= 11 is 5.88. The molecule has 2 rings (SSSR count). The number of carbonyl (C=O) groups is 1. The average molecular weight is 355 g/mol. The number of hydrogen-bond donors (Lipinski definition) is 1. The fourth-order valence-corrected chi connectivity index (χ4v) is 3.03. The Morgan fingerprint density at radius 3 is 2.62 bits per heavy atom. The number of rotatable bonds is 6. The van der Waals surface area contributed by atoms with Gasteiger partial charge in [-0.25, -0.2) is 0 Å². The van der Waals surface area contributed by atoms with Gasteiger partial charge in [-0.1, -0.05) is 23.7 Å². The molecule has 6 heteroatoms. The van der Waals surface area contributed by atoms with E-state index >= 15 is 0 Å². The summed E-state index contributed by atoms with van der Waals surface area (Å²) < 4.78 is 5.78. The second-order valence-electron chi connectivity index (χ2n) is 6.34. The van der Waals surface area contributed by atoms with E-state index in [4.69, 9.17) is 16.3 Å². The Hall–Kier alpha value is -1.14. The molecule has 0 bridgehead atoms. The molecular formula is C18H27ClN2O3. The molecule has 5 nitrogen and oxygen atoms in total. The van der Waals surface area contributed by atoms with Gasteiger partial charge in [0.1, 0.15) is 0 Å². The van der Waals surface area contributed by atoms with E-state index in [0.29, 0.717) is 11.6 Å². The Kier molecular flexibility index (Phi) is 7.49. The van der Waals surface area contributed by atoms with Crippen LogP contribution in [0.15, 0.2) is 24.3 Å². The van der Waals surface area contributed by atoms with E-state index in [2.05, 4.69) is 4.90 Å². The Balaban J connectivity index is 1.73. The van der Waals surface area contributed by atoms with Gasteiger partial charge in [0.15, 0.2) is 0 Å². The molecule has 1 N–H and O–H groups in total. The molecule has 1 aromatic rings. The Morgan fingerprint density at radius 1 is 1.25 bits per heavy atom. The lowest BCUT2D eigenvalue weighted by molar-refractivity contribution is -0.128. The van der Waals surface area contributed by atoms with E-state index in [1.54, 1.807) is 6.92 Å². The smallest absolute Gasteiger partial charge is 0.219 e. The molecule has 24 heavy (non-hydrogen) atoms. The average Bonchev–Trinajstić information content (AvgIpc) is 2.79. The summed E-state index contributed by atoms with van der Waals surface area (Å²) in [5, 5.41) is 10.9. The molecule has 0 aromatic heterocycles. The van der Waals surface area contributed by atoms with Crippen molar-refractivity contribution in [2.45, 2.75) is 32.5 Å². The van der Waals surface area contributed by atoms with Crippen molar-refractivity contribution in [2.75, 3.05) is 39.3 Å². The number of aliphatic hydroxyl groups excluding tert-OH is 1. The number of ether oxygens (including phenoxy) is 1. The van der Waals surface area contributed by atoms with Crippen molar-refractivity contribution in [2.24, 2.45) is 0 Å². The van der Waals surface area contributed by atoms with Gasteiger partial charge in [0.25, 0.3) is 0 Å². The first-order chi connectivity index (χ1) is 11.5. The van der Waals surface area contributed by atoms with E-state index in [9.17, 15) is 9.90 Å². The zero-order valence-electron chi connectivity index (χ0n) is 14.4. The summed E-state index contributed by atoms with van der Waals surface area (Å²) in [4.78, 5) is 15.5. The monoisotopic (exact) mass is 354 g/mol. The van der Waals surface area contributed by atoms with E-state index in [0.717, 1.165) is 38.2 Å². The van der Waals surface area contributed by atoms with Crippen molar-refractivity contribution in [1.82, 2.24) is 9.80 Å². The third kappa shape index (κ3) is 6.06. The minimum Gasteiger partial charge on any atom is -0.389 e. The maximum atomic E-state index is 11.4. The molecule has 0 aliphatic carbocycles. The zero-order chi connectivity index (χ0) is 17.5. The first kappa shape index (κ1) is 19.2. The summed E-state index contributed by atoms with van der Waals surface area (Å²) in [5.41, 5.74) is 1.04. The molecule has 0 spiro atoms. The van der Waals surface area contributed by atoms with Gasteiger partial charge in [-0.2, -0.15) is 0 Å². The van der Waals surface area contributed by atoms with E-state index in [1.165, 1.54) is 0 Å². The lowest BCUT2D eigenvalue weighted by Crippen LogP contribution is -2.38. The van der Waals surface area contributed by atoms with Crippen LogP contribution in [0.5, 0.6) is 0 Å². The molecule has 1 fully saturated rings. The lowest BCUT2D eigenvalue weighted by atomic mass is 10.1. The SMILES string of the molecule is CC(=O)N1CCCN(CC(O)COC(C)c2ccc(Cl)cc2)CC1. The van der Waals surface area contributed by atoms with E-state index in [-0.39, 0.29) is 18.6 Å². The van der Waals surface area contributed by atoms with Crippen molar-refractivity contribution in [1.29, 1.82) is 0 Å².